The van der Waals surface area contributed by atoms with Crippen molar-refractivity contribution in [2.75, 3.05) is 31.7 Å². The predicted octanol–water partition coefficient (Wildman–Crippen LogP) is 3.68. The Labute approximate surface area is 194 Å². The van der Waals surface area contributed by atoms with Crippen molar-refractivity contribution in [2.24, 2.45) is 10.1 Å². The van der Waals surface area contributed by atoms with Crippen LogP contribution in [0.5, 0.6) is 17.2 Å². The topological polar surface area (TPSA) is 86.4 Å². The monoisotopic (exact) mass is 462 g/mol. The summed E-state index contributed by atoms with van der Waals surface area (Å²) in [4.78, 5) is 17.1. The number of carbonyl (C=O) groups is 1. The molecule has 0 bridgehead atoms. The fourth-order valence-electron chi connectivity index (χ4n) is 3.56. The summed E-state index contributed by atoms with van der Waals surface area (Å²) >= 11 is 1.49. The Balaban J connectivity index is 1.58. The van der Waals surface area contributed by atoms with E-state index in [0.29, 0.717) is 36.9 Å². The maximum absolute atomic E-state index is 11.8. The van der Waals surface area contributed by atoms with E-state index in [4.69, 9.17) is 19.3 Å². The summed E-state index contributed by atoms with van der Waals surface area (Å²) in [5, 5.41) is 9.75. The molecule has 0 saturated carbocycles. The molecule has 1 amide bonds. The zero-order chi connectivity index (χ0) is 22.8. The van der Waals surface area contributed by atoms with Crippen LogP contribution in [0.2, 0.25) is 0 Å². The molecular formula is C24H22N4O4S. The van der Waals surface area contributed by atoms with Crippen LogP contribution in [-0.4, -0.2) is 42.7 Å². The molecule has 33 heavy (non-hydrogen) atoms. The molecule has 3 heterocycles. The molecule has 2 aromatic carbocycles. The third-order valence-electron chi connectivity index (χ3n) is 5.16. The minimum Gasteiger partial charge on any atom is -0.486 e. The van der Waals surface area contributed by atoms with E-state index in [-0.39, 0.29) is 12.5 Å². The zero-order valence-corrected chi connectivity index (χ0v) is 18.9. The summed E-state index contributed by atoms with van der Waals surface area (Å²) in [7, 11) is 0. The Morgan fingerprint density at radius 1 is 1.15 bits per heavy atom. The minimum absolute atomic E-state index is 0.0222. The van der Waals surface area contributed by atoms with Gasteiger partial charge in [0.15, 0.2) is 18.1 Å². The van der Waals surface area contributed by atoms with Crippen molar-refractivity contribution >= 4 is 28.6 Å². The molecule has 0 unspecified atom stereocenters. The number of nitrogens with one attached hydrogen (secondary N) is 1. The van der Waals surface area contributed by atoms with Crippen molar-refractivity contribution in [3.8, 4) is 28.5 Å². The predicted molar refractivity (Wildman–Crippen MR) is 128 cm³/mol. The lowest BCUT2D eigenvalue weighted by molar-refractivity contribution is -0.118. The van der Waals surface area contributed by atoms with Crippen LogP contribution in [0.1, 0.15) is 12.5 Å². The molecule has 2 aliphatic rings. The molecular weight excluding hydrogens is 440 g/mol. The van der Waals surface area contributed by atoms with Crippen molar-refractivity contribution in [1.29, 1.82) is 0 Å². The van der Waals surface area contributed by atoms with Gasteiger partial charge in [0, 0.05) is 16.5 Å². The van der Waals surface area contributed by atoms with Gasteiger partial charge in [0.05, 0.1) is 23.6 Å². The number of aromatic nitrogens is 1. The molecule has 0 saturated heterocycles. The lowest BCUT2D eigenvalue weighted by atomic mass is 10.1. The van der Waals surface area contributed by atoms with Gasteiger partial charge in [-0.2, -0.15) is 5.10 Å². The second kappa shape index (κ2) is 8.95. The van der Waals surface area contributed by atoms with Crippen LogP contribution in [0, 0.1) is 0 Å². The third kappa shape index (κ3) is 4.27. The highest BCUT2D eigenvalue weighted by Crippen LogP contribution is 2.33. The Kier molecular flexibility index (Phi) is 5.70. The van der Waals surface area contributed by atoms with Crippen molar-refractivity contribution < 1.29 is 19.0 Å². The summed E-state index contributed by atoms with van der Waals surface area (Å²) in [5.74, 6) is 1.92. The van der Waals surface area contributed by atoms with Crippen LogP contribution < -0.4 is 24.3 Å². The molecule has 1 N–H and O–H groups in total. The molecule has 0 fully saturated rings. The smallest absolute Gasteiger partial charge is 0.262 e. The van der Waals surface area contributed by atoms with Crippen molar-refractivity contribution in [2.45, 2.75) is 6.92 Å². The number of carbonyl (C=O) groups excluding carboxylic acids is 1. The summed E-state index contributed by atoms with van der Waals surface area (Å²) < 4.78 is 18.6. The van der Waals surface area contributed by atoms with Gasteiger partial charge >= 0.3 is 0 Å². The number of ether oxygens (including phenoxy) is 3. The van der Waals surface area contributed by atoms with E-state index in [0.717, 1.165) is 33.1 Å². The van der Waals surface area contributed by atoms with Crippen LogP contribution in [0.25, 0.3) is 11.3 Å². The van der Waals surface area contributed by atoms with Crippen LogP contribution in [0.15, 0.2) is 64.5 Å². The molecule has 0 radical (unpaired) electrons. The van der Waals surface area contributed by atoms with Gasteiger partial charge in [-0.3, -0.25) is 9.79 Å². The molecule has 8 nitrogen and oxygen atoms in total. The van der Waals surface area contributed by atoms with Crippen molar-refractivity contribution in [1.82, 2.24) is 4.68 Å². The molecule has 168 valence electrons. The van der Waals surface area contributed by atoms with Gasteiger partial charge in [0.2, 0.25) is 4.80 Å². The second-order valence-electron chi connectivity index (χ2n) is 7.44. The van der Waals surface area contributed by atoms with E-state index >= 15 is 0 Å². The zero-order valence-electron chi connectivity index (χ0n) is 18.0. The van der Waals surface area contributed by atoms with Crippen LogP contribution in [0.3, 0.4) is 0 Å². The van der Waals surface area contributed by atoms with Gasteiger partial charge in [-0.15, -0.1) is 17.9 Å². The number of hydrogen-bond donors (Lipinski definition) is 1. The van der Waals surface area contributed by atoms with Gasteiger partial charge in [0.1, 0.15) is 19.0 Å². The summed E-state index contributed by atoms with van der Waals surface area (Å²) in [6.45, 7) is 7.28. The number of benzene rings is 2. The maximum atomic E-state index is 11.8. The van der Waals surface area contributed by atoms with Crippen LogP contribution in [0.4, 0.5) is 5.69 Å². The van der Waals surface area contributed by atoms with E-state index < -0.39 is 0 Å². The Morgan fingerprint density at radius 2 is 1.97 bits per heavy atom. The lowest BCUT2D eigenvalue weighted by Crippen LogP contribution is -2.25. The summed E-state index contributed by atoms with van der Waals surface area (Å²) in [5.41, 5.74) is 4.08. The molecule has 9 heteroatoms. The molecule has 1 aromatic heterocycles. The number of fused-ring (bicyclic) bond motifs is 2. The highest BCUT2D eigenvalue weighted by Gasteiger charge is 2.18. The van der Waals surface area contributed by atoms with E-state index in [9.17, 15) is 4.79 Å². The molecule has 2 aliphatic heterocycles. The lowest BCUT2D eigenvalue weighted by Gasteiger charge is -2.19. The third-order valence-corrected chi connectivity index (χ3v) is 6.01. The number of amides is 1. The summed E-state index contributed by atoms with van der Waals surface area (Å²) in [6, 6.07) is 11.5. The quantitative estimate of drug-likeness (QED) is 0.463. The first-order chi connectivity index (χ1) is 16.1. The van der Waals surface area contributed by atoms with Gasteiger partial charge in [-0.1, -0.05) is 6.08 Å². The maximum Gasteiger partial charge on any atom is 0.262 e. The van der Waals surface area contributed by atoms with E-state index in [1.165, 1.54) is 11.3 Å². The fraction of sp³-hybridized carbons (Fsp3) is 0.208. The molecule has 0 aliphatic carbocycles. The molecule has 3 aromatic rings. The summed E-state index contributed by atoms with van der Waals surface area (Å²) in [6.07, 6.45) is 1.74. The number of hydrogen-bond acceptors (Lipinski definition) is 7. The molecule has 0 spiro atoms. The van der Waals surface area contributed by atoms with Gasteiger partial charge in [-0.25, -0.2) is 4.68 Å². The standard InChI is InChI=1S/C24H22N4O4S/c1-3-8-25-24-28(27-15(2)16-4-7-21-22(12-16)31-10-9-30-21)19(14-33-24)17-5-6-20-18(11-17)26-23(29)13-32-20/h3-7,11-12,14H,1,8-10,13H2,2H3,(H,26,29). The van der Waals surface area contributed by atoms with Gasteiger partial charge in [0.25, 0.3) is 5.91 Å². The second-order valence-corrected chi connectivity index (χ2v) is 8.27. The highest BCUT2D eigenvalue weighted by atomic mass is 32.1. The van der Waals surface area contributed by atoms with E-state index in [1.54, 1.807) is 6.08 Å². The average Bonchev–Trinajstić information content (AvgIpc) is 3.24. The number of anilines is 1. The van der Waals surface area contributed by atoms with Gasteiger partial charge in [-0.05, 0) is 43.3 Å². The largest absolute Gasteiger partial charge is 0.486 e. The van der Waals surface area contributed by atoms with E-state index in [1.807, 2.05) is 53.4 Å². The van der Waals surface area contributed by atoms with Gasteiger partial charge < -0.3 is 19.5 Å². The van der Waals surface area contributed by atoms with Crippen LogP contribution >= 0.6 is 11.3 Å². The first kappa shape index (κ1) is 21.0. The Hall–Kier alpha value is -3.85. The number of thiazole rings is 1. The first-order valence-corrected chi connectivity index (χ1v) is 11.3. The Morgan fingerprint density at radius 3 is 2.82 bits per heavy atom. The van der Waals surface area contributed by atoms with Crippen molar-refractivity contribution in [3.05, 3.63) is 64.8 Å². The van der Waals surface area contributed by atoms with Crippen LogP contribution in [-0.2, 0) is 4.79 Å². The van der Waals surface area contributed by atoms with E-state index in [2.05, 4.69) is 16.9 Å². The first-order valence-electron chi connectivity index (χ1n) is 10.5. The minimum atomic E-state index is -0.174. The molecule has 5 rings (SSSR count). The van der Waals surface area contributed by atoms with Crippen molar-refractivity contribution in [3.63, 3.8) is 0 Å². The number of nitrogens with zero attached hydrogens (tertiary/aromatic N) is 3. The SMILES string of the molecule is C=CCN=c1scc(-c2ccc3c(c2)NC(=O)CO3)n1N=C(C)c1ccc2c(c1)OCCO2. The normalized spacial score (nSPS) is 15.5. The number of rotatable bonds is 5. The fourth-order valence-corrected chi connectivity index (χ4v) is 4.40. The highest BCUT2D eigenvalue weighted by molar-refractivity contribution is 7.07. The molecule has 0 atom stereocenters. The average molecular weight is 463 g/mol. The Bertz CT molecular complexity index is 1340.